The van der Waals surface area contributed by atoms with E-state index in [1.54, 1.807) is 4.90 Å². The summed E-state index contributed by atoms with van der Waals surface area (Å²) in [4.78, 5) is 14.5. The third-order valence-corrected chi connectivity index (χ3v) is 5.86. The van der Waals surface area contributed by atoms with E-state index in [2.05, 4.69) is 5.10 Å². The van der Waals surface area contributed by atoms with Gasteiger partial charge in [-0.05, 0) is 24.5 Å². The highest BCUT2D eigenvalue weighted by molar-refractivity contribution is 7.89. The van der Waals surface area contributed by atoms with Gasteiger partial charge in [0, 0.05) is 32.5 Å². The van der Waals surface area contributed by atoms with Gasteiger partial charge in [0.25, 0.3) is 0 Å². The number of fused-ring (bicyclic) bond motifs is 1. The lowest BCUT2D eigenvalue weighted by molar-refractivity contribution is -0.119. The van der Waals surface area contributed by atoms with Gasteiger partial charge in [-0.15, -0.1) is 0 Å². The molecule has 24 heavy (non-hydrogen) atoms. The van der Waals surface area contributed by atoms with Crippen molar-refractivity contribution >= 4 is 21.6 Å². The van der Waals surface area contributed by atoms with Crippen LogP contribution in [0.25, 0.3) is 0 Å². The number of aryl methyl sites for hydroxylation is 1. The van der Waals surface area contributed by atoms with Gasteiger partial charge in [-0.2, -0.15) is 5.10 Å². The van der Waals surface area contributed by atoms with Gasteiger partial charge in [-0.25, -0.2) is 12.7 Å². The average Bonchev–Trinajstić information content (AvgIpc) is 3.03. The van der Waals surface area contributed by atoms with Crippen molar-refractivity contribution in [3.63, 3.8) is 0 Å². The van der Waals surface area contributed by atoms with Crippen LogP contribution < -0.4 is 4.90 Å². The third kappa shape index (κ3) is 3.07. The number of rotatable bonds is 4. The molecule has 1 amide bonds. The number of amides is 1. The largest absolute Gasteiger partial charge is 0.311 e. The number of hydrogen-bond donors (Lipinski definition) is 0. The minimum atomic E-state index is -3.54. The Balaban J connectivity index is 1.79. The number of carbonyl (C=O) groups is 1. The van der Waals surface area contributed by atoms with Crippen LogP contribution in [0.4, 0.5) is 5.69 Å². The number of hydrogen-bond acceptors (Lipinski definition) is 4. The van der Waals surface area contributed by atoms with Crippen molar-refractivity contribution in [3.05, 3.63) is 42.2 Å². The van der Waals surface area contributed by atoms with Gasteiger partial charge in [0.1, 0.15) is 11.4 Å². The first-order valence-corrected chi connectivity index (χ1v) is 9.17. The van der Waals surface area contributed by atoms with Crippen molar-refractivity contribution in [1.82, 2.24) is 14.1 Å². The normalized spacial score (nSPS) is 14.7. The lowest BCUT2D eigenvalue weighted by Crippen LogP contribution is -2.37. The maximum atomic E-state index is 12.6. The second-order valence-corrected chi connectivity index (χ2v) is 8.09. The van der Waals surface area contributed by atoms with Crippen LogP contribution in [0.15, 0.2) is 41.6 Å². The number of nitrogens with zero attached hydrogens (tertiary/aromatic N) is 4. The fourth-order valence-electron chi connectivity index (χ4n) is 2.79. The molecule has 2 aromatic rings. The van der Waals surface area contributed by atoms with E-state index in [-0.39, 0.29) is 17.3 Å². The van der Waals surface area contributed by atoms with Crippen molar-refractivity contribution in [1.29, 1.82) is 0 Å². The molecule has 0 saturated heterocycles. The lowest BCUT2D eigenvalue weighted by atomic mass is 10.0. The molecule has 0 saturated carbocycles. The number of para-hydroxylation sites is 1. The lowest BCUT2D eigenvalue weighted by Gasteiger charge is -2.29. The maximum Gasteiger partial charge on any atom is 0.248 e. The number of carbonyl (C=O) groups excluding carboxylic acids is 1. The van der Waals surface area contributed by atoms with E-state index >= 15 is 0 Å². The number of anilines is 1. The highest BCUT2D eigenvalue weighted by Gasteiger charge is 2.24. The summed E-state index contributed by atoms with van der Waals surface area (Å²) in [6, 6.07) is 7.86. The van der Waals surface area contributed by atoms with Crippen molar-refractivity contribution in [2.75, 3.05) is 25.5 Å². The molecule has 0 bridgehead atoms. The van der Waals surface area contributed by atoms with E-state index in [4.69, 9.17) is 0 Å². The van der Waals surface area contributed by atoms with Gasteiger partial charge in [0.05, 0.1) is 6.20 Å². The smallest absolute Gasteiger partial charge is 0.248 e. The molecule has 0 radical (unpaired) electrons. The highest BCUT2D eigenvalue weighted by Crippen LogP contribution is 2.26. The van der Waals surface area contributed by atoms with Crippen molar-refractivity contribution < 1.29 is 13.2 Å². The molecule has 3 rings (SSSR count). The quantitative estimate of drug-likeness (QED) is 0.829. The molecule has 0 N–H and O–H groups in total. The van der Waals surface area contributed by atoms with Crippen LogP contribution >= 0.6 is 0 Å². The van der Waals surface area contributed by atoms with Crippen LogP contribution in [0.5, 0.6) is 0 Å². The average molecular weight is 348 g/mol. The molecule has 1 aromatic carbocycles. The molecular formula is C16H20N4O3S. The summed E-state index contributed by atoms with van der Waals surface area (Å²) >= 11 is 0. The van der Waals surface area contributed by atoms with Gasteiger partial charge in [0.15, 0.2) is 0 Å². The Morgan fingerprint density at radius 3 is 2.79 bits per heavy atom. The van der Waals surface area contributed by atoms with E-state index in [9.17, 15) is 13.2 Å². The minimum absolute atomic E-state index is 0.0112. The van der Waals surface area contributed by atoms with Gasteiger partial charge in [-0.1, -0.05) is 18.2 Å². The van der Waals surface area contributed by atoms with E-state index in [1.165, 1.54) is 31.2 Å². The molecule has 7 nitrogen and oxygen atoms in total. The standard InChI is InChI=1S/C16H20N4O3S/c1-18(2)24(22,23)14-10-17-19(11-14)12-16(21)20-9-5-7-13-6-3-4-8-15(13)20/h3-4,6,8,10-11H,5,7,9,12H2,1-2H3. The Morgan fingerprint density at radius 2 is 2.04 bits per heavy atom. The third-order valence-electron chi connectivity index (χ3n) is 4.10. The van der Waals surface area contributed by atoms with Crippen LogP contribution in [-0.2, 0) is 27.8 Å². The van der Waals surface area contributed by atoms with Gasteiger partial charge in [0.2, 0.25) is 15.9 Å². The summed E-state index contributed by atoms with van der Waals surface area (Å²) in [5.74, 6) is -0.0981. The second kappa shape index (κ2) is 6.37. The SMILES string of the molecule is CN(C)S(=O)(=O)c1cnn(CC(=O)N2CCCc3ccccc32)c1. The van der Waals surface area contributed by atoms with Crippen LogP contribution in [-0.4, -0.2) is 49.1 Å². The predicted octanol–water partition coefficient (Wildman–Crippen LogP) is 1.11. The molecule has 0 aliphatic carbocycles. The Hall–Kier alpha value is -2.19. The Kier molecular flexibility index (Phi) is 4.42. The molecule has 2 heterocycles. The topological polar surface area (TPSA) is 75.5 Å². The molecule has 8 heteroatoms. The van der Waals surface area contributed by atoms with E-state index in [0.717, 1.165) is 28.4 Å². The highest BCUT2D eigenvalue weighted by atomic mass is 32.2. The number of sulfonamides is 1. The first kappa shape index (κ1) is 16.7. The molecule has 1 aromatic heterocycles. The minimum Gasteiger partial charge on any atom is -0.311 e. The van der Waals surface area contributed by atoms with Gasteiger partial charge in [-0.3, -0.25) is 9.48 Å². The molecule has 0 unspecified atom stereocenters. The zero-order valence-corrected chi connectivity index (χ0v) is 14.5. The second-order valence-electron chi connectivity index (χ2n) is 5.94. The van der Waals surface area contributed by atoms with Crippen LogP contribution in [0, 0.1) is 0 Å². The van der Waals surface area contributed by atoms with Crippen LogP contribution in [0.3, 0.4) is 0 Å². The summed E-state index contributed by atoms with van der Waals surface area (Å²) in [6.07, 6.45) is 4.55. The summed E-state index contributed by atoms with van der Waals surface area (Å²) in [6.45, 7) is 0.678. The van der Waals surface area contributed by atoms with Crippen molar-refractivity contribution in [2.24, 2.45) is 0 Å². The summed E-state index contributed by atoms with van der Waals surface area (Å²) < 4.78 is 26.6. The molecule has 128 valence electrons. The molecule has 0 fully saturated rings. The molecule has 0 spiro atoms. The summed E-state index contributed by atoms with van der Waals surface area (Å²) in [7, 11) is -0.619. The van der Waals surface area contributed by atoms with Crippen LogP contribution in [0.2, 0.25) is 0 Å². The van der Waals surface area contributed by atoms with Crippen LogP contribution in [0.1, 0.15) is 12.0 Å². The fourth-order valence-corrected chi connectivity index (χ4v) is 3.65. The predicted molar refractivity (Wildman–Crippen MR) is 90.2 cm³/mol. The Morgan fingerprint density at radius 1 is 1.29 bits per heavy atom. The zero-order chi connectivity index (χ0) is 17.3. The Labute approximate surface area is 141 Å². The zero-order valence-electron chi connectivity index (χ0n) is 13.7. The Bertz CT molecular complexity index is 858. The monoisotopic (exact) mass is 348 g/mol. The molecule has 0 atom stereocenters. The van der Waals surface area contributed by atoms with Gasteiger partial charge < -0.3 is 4.90 Å². The first-order valence-electron chi connectivity index (χ1n) is 7.73. The summed E-state index contributed by atoms with van der Waals surface area (Å²) in [5.41, 5.74) is 2.09. The fraction of sp³-hybridized carbons (Fsp3) is 0.375. The molecule has 1 aliphatic rings. The number of aromatic nitrogens is 2. The molecular weight excluding hydrogens is 328 g/mol. The van der Waals surface area contributed by atoms with Gasteiger partial charge >= 0.3 is 0 Å². The van der Waals surface area contributed by atoms with Crippen molar-refractivity contribution in [2.45, 2.75) is 24.3 Å². The van der Waals surface area contributed by atoms with E-state index in [1.807, 2.05) is 24.3 Å². The maximum absolute atomic E-state index is 12.6. The first-order chi connectivity index (χ1) is 11.4. The van der Waals surface area contributed by atoms with Crippen molar-refractivity contribution in [3.8, 4) is 0 Å². The molecule has 1 aliphatic heterocycles. The van der Waals surface area contributed by atoms with E-state index < -0.39 is 10.0 Å². The van der Waals surface area contributed by atoms with E-state index in [0.29, 0.717) is 6.54 Å². The number of benzene rings is 1. The summed E-state index contributed by atoms with van der Waals surface area (Å²) in [5, 5.41) is 4.02.